The van der Waals surface area contributed by atoms with E-state index in [4.69, 9.17) is 14.2 Å². The van der Waals surface area contributed by atoms with E-state index in [1.807, 2.05) is 34.4 Å². The van der Waals surface area contributed by atoms with E-state index in [9.17, 15) is 4.79 Å². The van der Waals surface area contributed by atoms with E-state index in [1.165, 1.54) is 20.9 Å². The fourth-order valence-electron chi connectivity index (χ4n) is 4.64. The van der Waals surface area contributed by atoms with E-state index in [0.717, 1.165) is 18.4 Å². The van der Waals surface area contributed by atoms with Crippen molar-refractivity contribution in [2.75, 3.05) is 33.2 Å². The zero-order chi connectivity index (χ0) is 23.5. The highest BCUT2D eigenvalue weighted by molar-refractivity contribution is 7.12. The number of nitrogens with one attached hydrogen (secondary N) is 1. The van der Waals surface area contributed by atoms with E-state index >= 15 is 0 Å². The van der Waals surface area contributed by atoms with Gasteiger partial charge in [-0.2, -0.15) is 0 Å². The van der Waals surface area contributed by atoms with Gasteiger partial charge in [-0.15, -0.1) is 11.3 Å². The predicted octanol–water partition coefficient (Wildman–Crippen LogP) is 5.82. The van der Waals surface area contributed by atoms with Crippen LogP contribution >= 0.6 is 11.3 Å². The lowest BCUT2D eigenvalue weighted by molar-refractivity contribution is 0.195. The maximum Gasteiger partial charge on any atom is 0.322 e. The number of fused-ring (bicyclic) bond motifs is 1. The molecule has 1 aliphatic heterocycles. The van der Waals surface area contributed by atoms with Crippen LogP contribution in [-0.2, 0) is 12.8 Å². The van der Waals surface area contributed by atoms with Crippen LogP contribution in [0.4, 0.5) is 10.5 Å². The van der Waals surface area contributed by atoms with Crippen molar-refractivity contribution in [1.29, 1.82) is 0 Å². The molecule has 0 radical (unpaired) electrons. The molecular weight excluding hydrogens is 436 g/mol. The van der Waals surface area contributed by atoms with Crippen molar-refractivity contribution in [3.8, 4) is 17.2 Å². The van der Waals surface area contributed by atoms with E-state index in [-0.39, 0.29) is 12.1 Å². The third kappa shape index (κ3) is 4.25. The first-order valence-electron chi connectivity index (χ1n) is 11.1. The van der Waals surface area contributed by atoms with Gasteiger partial charge >= 0.3 is 6.03 Å². The summed E-state index contributed by atoms with van der Waals surface area (Å²) in [5.41, 5.74) is 4.54. The van der Waals surface area contributed by atoms with Crippen LogP contribution in [0.5, 0.6) is 17.2 Å². The summed E-state index contributed by atoms with van der Waals surface area (Å²) in [6.07, 6.45) is 1.87. The normalized spacial score (nSPS) is 15.1. The van der Waals surface area contributed by atoms with Crippen molar-refractivity contribution in [1.82, 2.24) is 4.90 Å². The molecular formula is C26H30N2O4S. The molecule has 0 spiro atoms. The summed E-state index contributed by atoms with van der Waals surface area (Å²) in [7, 11) is 4.68. The Morgan fingerprint density at radius 2 is 1.76 bits per heavy atom. The SMILES string of the molecule is CCc1c(C)sc2c1CCN(C(=O)Nc1cc(OC)c(OC)c(OC)c1)[C@H]2c1ccccc1. The summed E-state index contributed by atoms with van der Waals surface area (Å²) in [5.74, 6) is 1.48. The van der Waals surface area contributed by atoms with Gasteiger partial charge < -0.3 is 24.4 Å². The lowest BCUT2D eigenvalue weighted by atomic mass is 9.92. The summed E-state index contributed by atoms with van der Waals surface area (Å²) in [6.45, 7) is 5.03. The minimum atomic E-state index is -0.159. The van der Waals surface area contributed by atoms with Crippen LogP contribution in [-0.4, -0.2) is 38.8 Å². The standard InChI is InChI=1S/C26H30N2O4S/c1-6-19-16(2)33-25-20(19)12-13-28(23(25)17-10-8-7-9-11-17)26(29)27-18-14-21(30-3)24(32-5)22(15-18)31-4/h7-11,14-15,23H,6,12-13H2,1-5H3,(H,27,29)/t23-/m0/s1. The molecule has 3 aromatic rings. The molecule has 6 nitrogen and oxygen atoms in total. The predicted molar refractivity (Wildman–Crippen MR) is 132 cm³/mol. The van der Waals surface area contributed by atoms with E-state index in [1.54, 1.807) is 33.5 Å². The molecule has 2 heterocycles. The average molecular weight is 467 g/mol. The highest BCUT2D eigenvalue weighted by Gasteiger charge is 2.35. The van der Waals surface area contributed by atoms with Gasteiger partial charge in [0.2, 0.25) is 5.75 Å². The second-order valence-electron chi connectivity index (χ2n) is 7.93. The summed E-state index contributed by atoms with van der Waals surface area (Å²) in [6, 6.07) is 13.5. The number of rotatable bonds is 6. The van der Waals surface area contributed by atoms with Crippen LogP contribution in [0.25, 0.3) is 0 Å². The highest BCUT2D eigenvalue weighted by atomic mass is 32.1. The number of hydrogen-bond donors (Lipinski definition) is 1. The van der Waals surface area contributed by atoms with Gasteiger partial charge in [-0.1, -0.05) is 37.3 Å². The Hall–Kier alpha value is -3.19. The second-order valence-corrected chi connectivity index (χ2v) is 9.19. The Morgan fingerprint density at radius 1 is 1.09 bits per heavy atom. The Labute approximate surface area is 199 Å². The zero-order valence-electron chi connectivity index (χ0n) is 19.7. The molecule has 4 rings (SSSR count). The van der Waals surface area contributed by atoms with Crippen LogP contribution in [0.3, 0.4) is 0 Å². The number of amides is 2. The number of hydrogen-bond acceptors (Lipinski definition) is 5. The van der Waals surface area contributed by atoms with Crippen molar-refractivity contribution in [3.63, 3.8) is 0 Å². The van der Waals surface area contributed by atoms with Crippen molar-refractivity contribution in [2.24, 2.45) is 0 Å². The molecule has 1 N–H and O–H groups in total. The number of anilines is 1. The second kappa shape index (κ2) is 9.75. The molecule has 33 heavy (non-hydrogen) atoms. The Balaban J connectivity index is 1.71. The molecule has 0 unspecified atom stereocenters. The number of nitrogens with zero attached hydrogens (tertiary/aromatic N) is 1. The van der Waals surface area contributed by atoms with Gasteiger partial charge in [-0.25, -0.2) is 4.79 Å². The Morgan fingerprint density at radius 3 is 2.33 bits per heavy atom. The van der Waals surface area contributed by atoms with Gasteiger partial charge in [0.05, 0.1) is 33.1 Å². The van der Waals surface area contributed by atoms with Gasteiger partial charge in [-0.3, -0.25) is 0 Å². The molecule has 0 bridgehead atoms. The molecule has 2 amide bonds. The minimum absolute atomic E-state index is 0.124. The summed E-state index contributed by atoms with van der Waals surface area (Å²) in [5, 5.41) is 3.05. The highest BCUT2D eigenvalue weighted by Crippen LogP contribution is 2.44. The maximum atomic E-state index is 13.6. The summed E-state index contributed by atoms with van der Waals surface area (Å²) < 4.78 is 16.3. The molecule has 7 heteroatoms. The van der Waals surface area contributed by atoms with Crippen molar-refractivity contribution < 1.29 is 19.0 Å². The number of thiophene rings is 1. The van der Waals surface area contributed by atoms with Gasteiger partial charge in [0.1, 0.15) is 0 Å². The first-order valence-corrected chi connectivity index (χ1v) is 11.9. The summed E-state index contributed by atoms with van der Waals surface area (Å²) in [4.78, 5) is 18.1. The van der Waals surface area contributed by atoms with Gasteiger partial charge in [0, 0.05) is 28.4 Å². The lowest BCUT2D eigenvalue weighted by Crippen LogP contribution is -2.42. The lowest BCUT2D eigenvalue weighted by Gasteiger charge is -2.36. The molecule has 1 aromatic heterocycles. The molecule has 1 aliphatic rings. The molecule has 0 saturated heterocycles. The third-order valence-electron chi connectivity index (χ3n) is 6.16. The van der Waals surface area contributed by atoms with E-state index in [2.05, 4.69) is 31.3 Å². The first kappa shape index (κ1) is 23.0. The Bertz CT molecular complexity index is 1120. The fraction of sp³-hybridized carbons (Fsp3) is 0.346. The topological polar surface area (TPSA) is 60.0 Å². The van der Waals surface area contributed by atoms with E-state index < -0.39 is 0 Å². The molecule has 1 atom stereocenters. The average Bonchev–Trinajstić information content (AvgIpc) is 3.17. The van der Waals surface area contributed by atoms with Gasteiger partial charge in [0.25, 0.3) is 0 Å². The minimum Gasteiger partial charge on any atom is -0.493 e. The fourth-order valence-corrected chi connectivity index (χ4v) is 6.09. The summed E-state index contributed by atoms with van der Waals surface area (Å²) >= 11 is 1.81. The van der Waals surface area contributed by atoms with Gasteiger partial charge in [0.15, 0.2) is 11.5 Å². The number of ether oxygens (including phenoxy) is 3. The zero-order valence-corrected chi connectivity index (χ0v) is 20.5. The largest absolute Gasteiger partial charge is 0.493 e. The molecule has 174 valence electrons. The van der Waals surface area contributed by atoms with E-state index in [0.29, 0.717) is 29.5 Å². The molecule has 2 aromatic carbocycles. The van der Waals surface area contributed by atoms with Crippen LogP contribution < -0.4 is 19.5 Å². The number of benzene rings is 2. The van der Waals surface area contributed by atoms with Crippen LogP contribution in [0.2, 0.25) is 0 Å². The number of carbonyl (C=O) groups excluding carboxylic acids is 1. The third-order valence-corrected chi connectivity index (χ3v) is 7.40. The number of carbonyl (C=O) groups is 1. The van der Waals surface area contributed by atoms with Crippen LogP contribution in [0.15, 0.2) is 42.5 Å². The number of methoxy groups -OCH3 is 3. The first-order chi connectivity index (χ1) is 16.0. The van der Waals surface area contributed by atoms with Crippen LogP contribution in [0, 0.1) is 6.92 Å². The Kier molecular flexibility index (Phi) is 6.79. The van der Waals surface area contributed by atoms with Crippen molar-refractivity contribution in [3.05, 3.63) is 68.9 Å². The maximum absolute atomic E-state index is 13.6. The quantitative estimate of drug-likeness (QED) is 0.497. The molecule has 0 fully saturated rings. The molecule has 0 aliphatic carbocycles. The van der Waals surface area contributed by atoms with Gasteiger partial charge in [-0.05, 0) is 36.5 Å². The number of aryl methyl sites for hydroxylation is 1. The number of urea groups is 1. The monoisotopic (exact) mass is 466 g/mol. The smallest absolute Gasteiger partial charge is 0.322 e. The van der Waals surface area contributed by atoms with Crippen molar-refractivity contribution in [2.45, 2.75) is 32.7 Å². The van der Waals surface area contributed by atoms with Crippen LogP contribution in [0.1, 0.15) is 39.4 Å². The van der Waals surface area contributed by atoms with Crippen molar-refractivity contribution >= 4 is 23.1 Å². The molecule has 0 saturated carbocycles.